The third kappa shape index (κ3) is 4.47. The molecule has 0 saturated carbocycles. The van der Waals surface area contributed by atoms with Crippen molar-refractivity contribution >= 4 is 61.8 Å². The van der Waals surface area contributed by atoms with E-state index in [1.165, 1.54) is 35.6 Å². The second kappa shape index (κ2) is 8.08. The van der Waals surface area contributed by atoms with E-state index in [0.29, 0.717) is 16.3 Å². The molecule has 6 nitrogen and oxygen atoms in total. The third-order valence-corrected chi connectivity index (χ3v) is 6.95. The van der Waals surface area contributed by atoms with E-state index in [2.05, 4.69) is 15.0 Å². The van der Waals surface area contributed by atoms with E-state index in [-0.39, 0.29) is 26.5 Å². The number of benzene rings is 2. The predicted octanol–water partition coefficient (Wildman–Crippen LogP) is 5.12. The summed E-state index contributed by atoms with van der Waals surface area (Å²) < 4.78 is 27.9. The van der Waals surface area contributed by atoms with Crippen molar-refractivity contribution < 1.29 is 13.2 Å². The number of sulfonamides is 1. The standard InChI is InChI=1S/C18H15Cl2N3O3S2/c1-10-17(27-11(2)21-10)18(24)22-12-7-8-14(20)16(9-12)28(25,26)23-15-6-4-3-5-13(15)19/h3-9,23H,1-2H3,(H,22,24). The zero-order chi connectivity index (χ0) is 20.5. The lowest BCUT2D eigenvalue weighted by Gasteiger charge is -2.12. The smallest absolute Gasteiger partial charge is 0.267 e. The Morgan fingerprint density at radius 1 is 1.07 bits per heavy atom. The van der Waals surface area contributed by atoms with Gasteiger partial charge < -0.3 is 5.32 Å². The molecule has 0 radical (unpaired) electrons. The van der Waals surface area contributed by atoms with Crippen LogP contribution in [0.3, 0.4) is 0 Å². The summed E-state index contributed by atoms with van der Waals surface area (Å²) in [5.41, 5.74) is 1.13. The fourth-order valence-corrected chi connectivity index (χ4v) is 5.12. The molecule has 0 bridgehead atoms. The largest absolute Gasteiger partial charge is 0.321 e. The molecule has 0 saturated heterocycles. The van der Waals surface area contributed by atoms with Crippen LogP contribution < -0.4 is 10.0 Å². The highest BCUT2D eigenvalue weighted by molar-refractivity contribution is 7.92. The van der Waals surface area contributed by atoms with Gasteiger partial charge in [0.05, 0.1) is 26.4 Å². The monoisotopic (exact) mass is 455 g/mol. The average molecular weight is 456 g/mol. The van der Waals surface area contributed by atoms with Crippen molar-refractivity contribution in [1.29, 1.82) is 0 Å². The van der Waals surface area contributed by atoms with Crippen LogP contribution in [0.2, 0.25) is 10.0 Å². The SMILES string of the molecule is Cc1nc(C)c(C(=O)Nc2ccc(Cl)c(S(=O)(=O)Nc3ccccc3Cl)c2)s1. The molecule has 2 aromatic carbocycles. The minimum absolute atomic E-state index is 0.0161. The van der Waals surface area contributed by atoms with Gasteiger partial charge in [-0.2, -0.15) is 0 Å². The highest BCUT2D eigenvalue weighted by Gasteiger charge is 2.21. The number of carbonyl (C=O) groups is 1. The summed E-state index contributed by atoms with van der Waals surface area (Å²) in [6.45, 7) is 3.55. The quantitative estimate of drug-likeness (QED) is 0.558. The van der Waals surface area contributed by atoms with E-state index in [9.17, 15) is 13.2 Å². The van der Waals surface area contributed by atoms with Crippen molar-refractivity contribution in [2.45, 2.75) is 18.7 Å². The van der Waals surface area contributed by atoms with Crippen molar-refractivity contribution in [3.05, 3.63) is 68.1 Å². The first-order valence-electron chi connectivity index (χ1n) is 7.99. The van der Waals surface area contributed by atoms with Gasteiger partial charge in [-0.1, -0.05) is 35.3 Å². The van der Waals surface area contributed by atoms with Crippen molar-refractivity contribution in [3.8, 4) is 0 Å². The normalized spacial score (nSPS) is 11.3. The number of rotatable bonds is 5. The van der Waals surface area contributed by atoms with Crippen LogP contribution in [0.1, 0.15) is 20.4 Å². The molecule has 3 rings (SSSR count). The van der Waals surface area contributed by atoms with E-state index in [4.69, 9.17) is 23.2 Å². The highest BCUT2D eigenvalue weighted by atomic mass is 35.5. The van der Waals surface area contributed by atoms with Gasteiger partial charge in [-0.15, -0.1) is 11.3 Å². The van der Waals surface area contributed by atoms with Crippen LogP contribution in [0.25, 0.3) is 0 Å². The molecule has 0 aliphatic carbocycles. The Morgan fingerprint density at radius 2 is 1.79 bits per heavy atom. The molecule has 0 atom stereocenters. The van der Waals surface area contributed by atoms with Gasteiger partial charge >= 0.3 is 0 Å². The third-order valence-electron chi connectivity index (χ3n) is 3.71. The molecular weight excluding hydrogens is 441 g/mol. The number of carbonyl (C=O) groups excluding carboxylic acids is 1. The zero-order valence-electron chi connectivity index (χ0n) is 14.8. The van der Waals surface area contributed by atoms with Crippen LogP contribution in [0.15, 0.2) is 47.4 Å². The van der Waals surface area contributed by atoms with Crippen LogP contribution >= 0.6 is 34.5 Å². The summed E-state index contributed by atoms with van der Waals surface area (Å²) in [4.78, 5) is 17.0. The van der Waals surface area contributed by atoms with Crippen molar-refractivity contribution in [2.75, 3.05) is 10.0 Å². The molecule has 0 fully saturated rings. The number of hydrogen-bond acceptors (Lipinski definition) is 5. The molecule has 146 valence electrons. The van der Waals surface area contributed by atoms with Gasteiger partial charge in [-0.05, 0) is 44.2 Å². The maximum absolute atomic E-state index is 12.8. The Hall–Kier alpha value is -2.13. The number of amides is 1. The Labute approximate surface area is 176 Å². The molecule has 1 heterocycles. The Bertz CT molecular complexity index is 1160. The van der Waals surface area contributed by atoms with Crippen molar-refractivity contribution in [1.82, 2.24) is 4.98 Å². The maximum Gasteiger partial charge on any atom is 0.267 e. The first kappa shape index (κ1) is 20.6. The number of aryl methyl sites for hydroxylation is 2. The lowest BCUT2D eigenvalue weighted by Crippen LogP contribution is -2.15. The summed E-state index contributed by atoms with van der Waals surface area (Å²) in [5, 5.41) is 3.72. The van der Waals surface area contributed by atoms with Gasteiger partial charge in [0.15, 0.2) is 0 Å². The first-order chi connectivity index (χ1) is 13.2. The molecule has 1 amide bonds. The number of para-hydroxylation sites is 1. The van der Waals surface area contributed by atoms with Gasteiger partial charge in [0.1, 0.15) is 9.77 Å². The molecule has 0 unspecified atom stereocenters. The number of nitrogens with one attached hydrogen (secondary N) is 2. The predicted molar refractivity (Wildman–Crippen MR) is 113 cm³/mol. The van der Waals surface area contributed by atoms with E-state index < -0.39 is 10.0 Å². The summed E-state index contributed by atoms with van der Waals surface area (Å²) in [5.74, 6) is -0.368. The van der Waals surface area contributed by atoms with E-state index in [0.717, 1.165) is 5.01 Å². The number of hydrogen-bond donors (Lipinski definition) is 2. The molecule has 0 aliphatic rings. The lowest BCUT2D eigenvalue weighted by molar-refractivity contribution is 0.102. The average Bonchev–Trinajstić information content (AvgIpc) is 2.97. The van der Waals surface area contributed by atoms with E-state index in [1.54, 1.807) is 25.1 Å². The number of aromatic nitrogens is 1. The molecule has 28 heavy (non-hydrogen) atoms. The van der Waals surface area contributed by atoms with Gasteiger partial charge in [0.25, 0.3) is 15.9 Å². The Kier molecular flexibility index (Phi) is 5.95. The zero-order valence-corrected chi connectivity index (χ0v) is 17.9. The van der Waals surface area contributed by atoms with Crippen LogP contribution in [0, 0.1) is 13.8 Å². The highest BCUT2D eigenvalue weighted by Crippen LogP contribution is 2.30. The summed E-state index contributed by atoms with van der Waals surface area (Å²) >= 11 is 13.4. The van der Waals surface area contributed by atoms with Crippen LogP contribution in [-0.4, -0.2) is 19.3 Å². The number of thiazole rings is 1. The van der Waals surface area contributed by atoms with Gasteiger partial charge in [0.2, 0.25) is 0 Å². The molecule has 3 aromatic rings. The van der Waals surface area contributed by atoms with Crippen LogP contribution in [-0.2, 0) is 10.0 Å². The summed E-state index contributed by atoms with van der Waals surface area (Å²) in [6, 6.07) is 10.7. The minimum Gasteiger partial charge on any atom is -0.321 e. The fraction of sp³-hybridized carbons (Fsp3) is 0.111. The van der Waals surface area contributed by atoms with Crippen molar-refractivity contribution in [3.63, 3.8) is 0 Å². The maximum atomic E-state index is 12.8. The van der Waals surface area contributed by atoms with Crippen LogP contribution in [0.4, 0.5) is 11.4 Å². The fourth-order valence-electron chi connectivity index (χ4n) is 2.46. The van der Waals surface area contributed by atoms with E-state index in [1.807, 2.05) is 6.92 Å². The minimum atomic E-state index is -4.02. The van der Waals surface area contributed by atoms with Crippen LogP contribution in [0.5, 0.6) is 0 Å². The van der Waals surface area contributed by atoms with Gasteiger partial charge in [-0.25, -0.2) is 13.4 Å². The summed E-state index contributed by atoms with van der Waals surface area (Å²) in [7, 11) is -4.02. The van der Waals surface area contributed by atoms with Gasteiger partial charge in [-0.3, -0.25) is 9.52 Å². The Balaban J connectivity index is 1.90. The number of nitrogens with zero attached hydrogens (tertiary/aromatic N) is 1. The molecular formula is C18H15Cl2N3O3S2. The molecule has 2 N–H and O–H groups in total. The second-order valence-corrected chi connectivity index (χ2v) is 9.50. The number of anilines is 2. The molecule has 0 aliphatic heterocycles. The summed E-state index contributed by atoms with van der Waals surface area (Å²) in [6.07, 6.45) is 0. The molecule has 10 heteroatoms. The number of halogens is 2. The second-order valence-electron chi connectivity index (χ2n) is 5.83. The first-order valence-corrected chi connectivity index (χ1v) is 11.1. The van der Waals surface area contributed by atoms with Gasteiger partial charge in [0, 0.05) is 5.69 Å². The van der Waals surface area contributed by atoms with Crippen molar-refractivity contribution in [2.24, 2.45) is 0 Å². The molecule has 0 spiro atoms. The topological polar surface area (TPSA) is 88.2 Å². The Morgan fingerprint density at radius 3 is 2.43 bits per heavy atom. The lowest BCUT2D eigenvalue weighted by atomic mass is 10.3. The molecule has 1 aromatic heterocycles. The van der Waals surface area contributed by atoms with E-state index >= 15 is 0 Å².